The van der Waals surface area contributed by atoms with Crippen LogP contribution in [0.25, 0.3) is 10.8 Å². The molecule has 0 aliphatic carbocycles. The van der Waals surface area contributed by atoms with E-state index in [-0.39, 0.29) is 116 Å². The van der Waals surface area contributed by atoms with Crippen LogP contribution >= 0.6 is 0 Å². The number of carbonyl (C=O) groups excluding carboxylic acids is 3. The lowest BCUT2D eigenvalue weighted by molar-refractivity contribution is -0.145. The Morgan fingerprint density at radius 3 is 1.63 bits per heavy atom. The van der Waals surface area contributed by atoms with Crippen molar-refractivity contribution in [3.63, 3.8) is 0 Å². The van der Waals surface area contributed by atoms with Crippen LogP contribution in [0, 0.1) is 0 Å². The Labute approximate surface area is 430 Å². The summed E-state index contributed by atoms with van der Waals surface area (Å²) in [4.78, 5) is 134. The number of nitrogens with zero attached hydrogens (tertiary/aromatic N) is 6. The monoisotopic (exact) mass is 1050 g/mol. The van der Waals surface area contributed by atoms with E-state index in [0.29, 0.717) is 11.3 Å². The van der Waals surface area contributed by atoms with Gasteiger partial charge in [-0.3, -0.25) is 58.1 Å². The lowest BCUT2D eigenvalue weighted by Crippen LogP contribution is -2.52. The number of benzene rings is 2. The number of carboxylic acids is 7. The summed E-state index contributed by atoms with van der Waals surface area (Å²) in [7, 11) is 0. The first-order valence-electron chi connectivity index (χ1n) is 24.2. The molecule has 26 heteroatoms. The van der Waals surface area contributed by atoms with Gasteiger partial charge in [0.25, 0.3) is 5.91 Å². The summed E-state index contributed by atoms with van der Waals surface area (Å²) in [5.74, 6) is -9.66. The number of hydrogen-bond acceptors (Lipinski definition) is 15. The number of urea groups is 1. The summed E-state index contributed by atoms with van der Waals surface area (Å²) in [6, 6.07) is 10.4. The van der Waals surface area contributed by atoms with Crippen LogP contribution in [0.1, 0.15) is 66.6 Å². The maximum atomic E-state index is 14.2. The molecule has 4 rings (SSSR count). The molecule has 1 fully saturated rings. The van der Waals surface area contributed by atoms with Gasteiger partial charge in [0, 0.05) is 95.4 Å². The number of nitrogens with one attached hydrogen (secondary N) is 3. The minimum atomic E-state index is -1.57. The van der Waals surface area contributed by atoms with Crippen molar-refractivity contribution in [2.75, 3.05) is 78.5 Å². The lowest BCUT2D eigenvalue weighted by Gasteiger charge is -2.35. The second-order valence-electron chi connectivity index (χ2n) is 17.9. The van der Waals surface area contributed by atoms with Crippen molar-refractivity contribution in [3.05, 3.63) is 77.6 Å². The van der Waals surface area contributed by atoms with Gasteiger partial charge in [-0.05, 0) is 61.3 Å². The molecule has 408 valence electrons. The molecule has 0 bridgehead atoms. The van der Waals surface area contributed by atoms with Gasteiger partial charge < -0.3 is 56.6 Å². The number of fused-ring (bicyclic) bond motifs is 1. The number of rotatable bonds is 28. The molecular formula is C49H65N9O17. The van der Waals surface area contributed by atoms with E-state index < -0.39 is 104 Å². The third kappa shape index (κ3) is 21.3. The summed E-state index contributed by atoms with van der Waals surface area (Å²) < 4.78 is 0. The lowest BCUT2D eigenvalue weighted by atomic mass is 10.1. The number of unbranched alkanes of at least 4 members (excludes halogenated alkanes) is 1. The van der Waals surface area contributed by atoms with Crippen molar-refractivity contribution in [1.82, 2.24) is 45.4 Å². The van der Waals surface area contributed by atoms with Crippen molar-refractivity contribution >= 4 is 70.4 Å². The quantitative estimate of drug-likeness (QED) is 0.0441. The average molecular weight is 1050 g/mol. The predicted octanol–water partition coefficient (Wildman–Crippen LogP) is 0.443. The number of pyridine rings is 1. The van der Waals surface area contributed by atoms with E-state index in [9.17, 15) is 78.6 Å². The van der Waals surface area contributed by atoms with Gasteiger partial charge in [-0.1, -0.05) is 36.4 Å². The van der Waals surface area contributed by atoms with Crippen LogP contribution in [-0.2, 0) is 51.4 Å². The molecule has 1 aliphatic rings. The normalized spacial score (nSPS) is 15.5. The van der Waals surface area contributed by atoms with Crippen molar-refractivity contribution in [2.45, 2.75) is 76.2 Å². The van der Waals surface area contributed by atoms with E-state index in [0.717, 1.165) is 10.8 Å². The second kappa shape index (κ2) is 30.4. The maximum Gasteiger partial charge on any atom is 0.326 e. The SMILES string of the molecule is O=C(O)CC[C@H](NC(=O)N[C@@H](CCCCN(Cc1nccc2ccccc12)C(=O)c1ccc(CNC(=O)CCC(C(=O)O)N2CCN(CC(=O)O)CCN(CC(=O)O)CCN(CC(=O)O)CC2)cc1)C(=O)O)C(=O)O. The smallest absolute Gasteiger partial charge is 0.326 e. The Hall–Kier alpha value is -7.81. The third-order valence-electron chi connectivity index (χ3n) is 12.4. The van der Waals surface area contributed by atoms with Gasteiger partial charge in [-0.2, -0.15) is 0 Å². The van der Waals surface area contributed by atoms with Gasteiger partial charge in [-0.25, -0.2) is 14.4 Å². The second-order valence-corrected chi connectivity index (χ2v) is 17.9. The van der Waals surface area contributed by atoms with Gasteiger partial charge in [0.2, 0.25) is 5.91 Å². The Morgan fingerprint density at radius 1 is 0.573 bits per heavy atom. The number of aliphatic carboxylic acids is 7. The number of aromatic nitrogens is 1. The Balaban J connectivity index is 1.40. The van der Waals surface area contributed by atoms with Crippen LogP contribution in [0.4, 0.5) is 4.79 Å². The molecular weight excluding hydrogens is 987 g/mol. The zero-order chi connectivity index (χ0) is 55.0. The predicted molar refractivity (Wildman–Crippen MR) is 264 cm³/mol. The van der Waals surface area contributed by atoms with Crippen molar-refractivity contribution in [3.8, 4) is 0 Å². The molecule has 0 spiro atoms. The number of carbonyl (C=O) groups is 10. The van der Waals surface area contributed by atoms with Gasteiger partial charge in [0.15, 0.2) is 0 Å². The first-order valence-corrected chi connectivity index (χ1v) is 24.2. The van der Waals surface area contributed by atoms with Gasteiger partial charge in [0.1, 0.15) is 18.1 Å². The summed E-state index contributed by atoms with van der Waals surface area (Å²) in [6.07, 6.45) is 0.646. The fourth-order valence-corrected chi connectivity index (χ4v) is 8.41. The summed E-state index contributed by atoms with van der Waals surface area (Å²) >= 11 is 0. The molecule has 1 saturated heterocycles. The van der Waals surface area contributed by atoms with Gasteiger partial charge in [0.05, 0.1) is 31.9 Å². The Morgan fingerprint density at radius 2 is 1.11 bits per heavy atom. The highest BCUT2D eigenvalue weighted by Gasteiger charge is 2.30. The topological polar surface area (TPSA) is 377 Å². The molecule has 26 nitrogen and oxygen atoms in total. The van der Waals surface area contributed by atoms with Crippen LogP contribution in [0.2, 0.25) is 0 Å². The van der Waals surface area contributed by atoms with Crippen molar-refractivity contribution in [1.29, 1.82) is 0 Å². The van der Waals surface area contributed by atoms with Crippen LogP contribution in [-0.4, -0.2) is 222 Å². The van der Waals surface area contributed by atoms with Gasteiger partial charge >= 0.3 is 47.8 Å². The van der Waals surface area contributed by atoms with E-state index in [1.165, 1.54) is 0 Å². The summed E-state index contributed by atoms with van der Waals surface area (Å²) in [6.45, 7) is -0.0344. The highest BCUT2D eigenvalue weighted by Crippen LogP contribution is 2.20. The fraction of sp³-hybridized carbons (Fsp3) is 0.490. The molecule has 1 unspecified atom stereocenters. The van der Waals surface area contributed by atoms with E-state index >= 15 is 0 Å². The first kappa shape index (κ1) is 59.8. The molecule has 4 amide bonds. The standard InChI is InChI=1S/C49H65N9O17/c59-40(14-13-39(48(73)74)57-25-23-55(30-43(64)65)21-19-54(29-42(62)63)20-22-56(24-26-57)31-44(66)67)51-27-32-8-10-34(11-9-32)45(68)58(28-38-35-6-2-1-5-33(35)16-17-50-38)18-4-3-7-36(46(69)70)52-49(75)53-37(47(71)72)12-15-41(60)61/h1-2,5-6,8-11,16-17,36-37,39H,3-4,7,12-15,18-31H2,(H,51,59)(H,60,61)(H,62,63)(H,64,65)(H,66,67)(H,69,70)(H,71,72)(H,73,74)(H2,52,53,75)/t36-,37-,39?/m0/s1. The van der Waals surface area contributed by atoms with Crippen LogP contribution < -0.4 is 16.0 Å². The molecule has 2 aromatic carbocycles. The first-order chi connectivity index (χ1) is 35.7. The molecule has 1 aliphatic heterocycles. The van der Waals surface area contributed by atoms with Gasteiger partial charge in [-0.15, -0.1) is 0 Å². The van der Waals surface area contributed by atoms with Crippen LogP contribution in [0.15, 0.2) is 60.8 Å². The van der Waals surface area contributed by atoms with E-state index in [1.54, 1.807) is 55.0 Å². The van der Waals surface area contributed by atoms with Crippen molar-refractivity contribution in [2.24, 2.45) is 0 Å². The van der Waals surface area contributed by atoms with E-state index in [4.69, 9.17) is 5.11 Å². The van der Waals surface area contributed by atoms with E-state index in [2.05, 4.69) is 20.9 Å². The summed E-state index contributed by atoms with van der Waals surface area (Å²) in [5, 5.41) is 75.8. The third-order valence-corrected chi connectivity index (χ3v) is 12.4. The zero-order valence-corrected chi connectivity index (χ0v) is 41.3. The average Bonchev–Trinajstić information content (AvgIpc) is 3.34. The highest BCUT2D eigenvalue weighted by atomic mass is 16.4. The fourth-order valence-electron chi connectivity index (χ4n) is 8.41. The zero-order valence-electron chi connectivity index (χ0n) is 41.3. The van der Waals surface area contributed by atoms with Crippen molar-refractivity contribution < 1.29 is 83.7 Å². The molecule has 10 N–H and O–H groups in total. The molecule has 0 saturated carbocycles. The number of carboxylic acid groups (broad SMARTS) is 7. The Kier molecular flexibility index (Phi) is 24.2. The minimum Gasteiger partial charge on any atom is -0.481 e. The number of hydrogen-bond donors (Lipinski definition) is 10. The van der Waals surface area contributed by atoms with Crippen LogP contribution in [0.3, 0.4) is 0 Å². The maximum absolute atomic E-state index is 14.2. The molecule has 2 heterocycles. The van der Waals surface area contributed by atoms with E-state index in [1.807, 2.05) is 30.3 Å². The summed E-state index contributed by atoms with van der Waals surface area (Å²) in [5.41, 5.74) is 1.48. The molecule has 0 radical (unpaired) electrons. The largest absolute Gasteiger partial charge is 0.481 e. The Bertz CT molecular complexity index is 2440. The molecule has 1 aromatic heterocycles. The highest BCUT2D eigenvalue weighted by molar-refractivity contribution is 5.95. The number of amides is 4. The van der Waals surface area contributed by atoms with Crippen LogP contribution in [0.5, 0.6) is 0 Å². The molecule has 3 aromatic rings. The molecule has 3 atom stereocenters. The molecule has 75 heavy (non-hydrogen) atoms. The minimum absolute atomic E-state index is 0.0156.